The van der Waals surface area contributed by atoms with Crippen LogP contribution in [0.2, 0.25) is 5.02 Å². The predicted octanol–water partition coefficient (Wildman–Crippen LogP) is 1.65. The van der Waals surface area contributed by atoms with Crippen LogP contribution in [0.3, 0.4) is 0 Å². The molecule has 3 N–H and O–H groups in total. The van der Waals surface area contributed by atoms with Gasteiger partial charge in [-0.25, -0.2) is 4.68 Å². The van der Waals surface area contributed by atoms with Crippen molar-refractivity contribution < 1.29 is 9.90 Å². The Morgan fingerprint density at radius 1 is 1.56 bits per heavy atom. The Kier molecular flexibility index (Phi) is 3.64. The van der Waals surface area contributed by atoms with Crippen LogP contribution in [0.1, 0.15) is 11.5 Å². The van der Waals surface area contributed by atoms with Gasteiger partial charge in [0, 0.05) is 18.9 Å². The summed E-state index contributed by atoms with van der Waals surface area (Å²) in [7, 11) is 0. The molecule has 0 spiro atoms. The van der Waals surface area contributed by atoms with Crippen LogP contribution in [0.15, 0.2) is 36.7 Å². The van der Waals surface area contributed by atoms with Gasteiger partial charge in [-0.05, 0) is 23.8 Å². The number of hydrogen-bond donors (Lipinski definition) is 2. The molecule has 0 aliphatic rings. The van der Waals surface area contributed by atoms with Crippen LogP contribution < -0.4 is 5.73 Å². The average molecular weight is 266 g/mol. The summed E-state index contributed by atoms with van der Waals surface area (Å²) in [6, 6.07) is 6.83. The molecule has 0 bridgehead atoms. The molecule has 0 fully saturated rings. The summed E-state index contributed by atoms with van der Waals surface area (Å²) in [6.07, 6.45) is 3.41. The lowest BCUT2D eigenvalue weighted by Crippen LogP contribution is -2.21. The number of carboxylic acid groups (broad SMARTS) is 1. The first kappa shape index (κ1) is 12.6. The smallest absolute Gasteiger partial charge is 0.312 e. The Hall–Kier alpha value is -1.85. The van der Waals surface area contributed by atoms with Crippen molar-refractivity contribution in [1.82, 2.24) is 9.78 Å². The molecule has 0 radical (unpaired) electrons. The number of aliphatic carboxylic acids is 1. The summed E-state index contributed by atoms with van der Waals surface area (Å²) in [5, 5.41) is 13.5. The number of carbonyl (C=O) groups is 1. The first-order valence-corrected chi connectivity index (χ1v) is 5.73. The van der Waals surface area contributed by atoms with Gasteiger partial charge in [-0.2, -0.15) is 5.10 Å². The van der Waals surface area contributed by atoms with Crippen molar-refractivity contribution in [2.45, 2.75) is 5.92 Å². The topological polar surface area (TPSA) is 81.1 Å². The van der Waals surface area contributed by atoms with Gasteiger partial charge < -0.3 is 10.8 Å². The fourth-order valence-electron chi connectivity index (χ4n) is 1.72. The van der Waals surface area contributed by atoms with Crippen molar-refractivity contribution >= 4 is 17.6 Å². The van der Waals surface area contributed by atoms with Crippen molar-refractivity contribution in [3.8, 4) is 5.69 Å². The predicted molar refractivity (Wildman–Crippen MR) is 68.0 cm³/mol. The van der Waals surface area contributed by atoms with Gasteiger partial charge in [0.25, 0.3) is 0 Å². The Morgan fingerprint density at radius 2 is 2.33 bits per heavy atom. The van der Waals surface area contributed by atoms with E-state index in [-0.39, 0.29) is 6.54 Å². The third kappa shape index (κ3) is 2.37. The van der Waals surface area contributed by atoms with Gasteiger partial charge >= 0.3 is 5.97 Å². The average Bonchev–Trinajstić information content (AvgIpc) is 2.83. The highest BCUT2D eigenvalue weighted by molar-refractivity contribution is 6.32. The first-order valence-electron chi connectivity index (χ1n) is 5.36. The monoisotopic (exact) mass is 265 g/mol. The van der Waals surface area contributed by atoms with Gasteiger partial charge in [0.1, 0.15) is 0 Å². The summed E-state index contributed by atoms with van der Waals surface area (Å²) in [4.78, 5) is 11.0. The van der Waals surface area contributed by atoms with Crippen molar-refractivity contribution in [2.75, 3.05) is 6.54 Å². The van der Waals surface area contributed by atoms with Gasteiger partial charge in [0.05, 0.1) is 16.6 Å². The molecule has 1 heterocycles. The quantitative estimate of drug-likeness (QED) is 0.881. The van der Waals surface area contributed by atoms with E-state index in [2.05, 4.69) is 5.10 Å². The lowest BCUT2D eigenvalue weighted by molar-refractivity contribution is -0.138. The Labute approximate surface area is 109 Å². The highest BCUT2D eigenvalue weighted by Gasteiger charge is 2.19. The number of halogens is 1. The molecule has 1 unspecified atom stereocenters. The summed E-state index contributed by atoms with van der Waals surface area (Å²) in [5.41, 5.74) is 6.74. The summed E-state index contributed by atoms with van der Waals surface area (Å²) in [6.45, 7) is 0.0345. The SMILES string of the molecule is NCC(C(=O)O)c1ccc(-n2cccn2)c(Cl)c1. The lowest BCUT2D eigenvalue weighted by atomic mass is 9.99. The highest BCUT2D eigenvalue weighted by atomic mass is 35.5. The van der Waals surface area contributed by atoms with E-state index in [1.807, 2.05) is 0 Å². The van der Waals surface area contributed by atoms with E-state index in [1.54, 1.807) is 41.3 Å². The second-order valence-electron chi connectivity index (χ2n) is 3.79. The minimum absolute atomic E-state index is 0.0345. The van der Waals surface area contributed by atoms with Crippen LogP contribution in [0, 0.1) is 0 Å². The Bertz CT molecular complexity index is 554. The third-order valence-corrected chi connectivity index (χ3v) is 2.96. The number of aromatic nitrogens is 2. The number of hydrogen-bond acceptors (Lipinski definition) is 3. The molecule has 0 amide bonds. The van der Waals surface area contributed by atoms with Crippen LogP contribution >= 0.6 is 11.6 Å². The van der Waals surface area contributed by atoms with Crippen LogP contribution in [0.25, 0.3) is 5.69 Å². The van der Waals surface area contributed by atoms with Gasteiger partial charge in [-0.15, -0.1) is 0 Å². The number of nitrogens with zero attached hydrogens (tertiary/aromatic N) is 2. The van der Waals surface area contributed by atoms with Crippen molar-refractivity contribution in [1.29, 1.82) is 0 Å². The van der Waals surface area contributed by atoms with Gasteiger partial charge in [0.2, 0.25) is 0 Å². The molecule has 1 atom stereocenters. The van der Waals surface area contributed by atoms with Crippen molar-refractivity contribution in [3.63, 3.8) is 0 Å². The molecule has 2 rings (SSSR count). The van der Waals surface area contributed by atoms with E-state index in [0.29, 0.717) is 16.3 Å². The zero-order valence-electron chi connectivity index (χ0n) is 9.45. The fraction of sp³-hybridized carbons (Fsp3) is 0.167. The molecule has 18 heavy (non-hydrogen) atoms. The Balaban J connectivity index is 2.39. The second kappa shape index (κ2) is 5.20. The number of rotatable bonds is 4. The van der Waals surface area contributed by atoms with Crippen LogP contribution in [-0.2, 0) is 4.79 Å². The zero-order chi connectivity index (χ0) is 13.1. The van der Waals surface area contributed by atoms with Crippen molar-refractivity contribution in [3.05, 3.63) is 47.2 Å². The maximum absolute atomic E-state index is 11.0. The molecule has 2 aromatic rings. The molecule has 6 heteroatoms. The lowest BCUT2D eigenvalue weighted by Gasteiger charge is -2.12. The van der Waals surface area contributed by atoms with E-state index >= 15 is 0 Å². The van der Waals surface area contributed by atoms with E-state index in [0.717, 1.165) is 0 Å². The largest absolute Gasteiger partial charge is 0.481 e. The molecule has 0 aliphatic carbocycles. The molecule has 94 valence electrons. The van der Waals surface area contributed by atoms with E-state index in [4.69, 9.17) is 22.4 Å². The normalized spacial score (nSPS) is 12.3. The third-order valence-electron chi connectivity index (χ3n) is 2.66. The highest BCUT2D eigenvalue weighted by Crippen LogP contribution is 2.25. The van der Waals surface area contributed by atoms with Gasteiger partial charge in [-0.1, -0.05) is 17.7 Å². The molecule has 1 aromatic carbocycles. The number of benzene rings is 1. The van der Waals surface area contributed by atoms with Gasteiger partial charge in [0.15, 0.2) is 0 Å². The number of nitrogens with two attached hydrogens (primary N) is 1. The van der Waals surface area contributed by atoms with Crippen LogP contribution in [-0.4, -0.2) is 27.4 Å². The maximum atomic E-state index is 11.0. The van der Waals surface area contributed by atoms with Crippen LogP contribution in [0.4, 0.5) is 0 Å². The minimum atomic E-state index is -0.958. The van der Waals surface area contributed by atoms with E-state index < -0.39 is 11.9 Å². The fourth-order valence-corrected chi connectivity index (χ4v) is 1.99. The molecule has 1 aromatic heterocycles. The molecule has 0 aliphatic heterocycles. The summed E-state index contributed by atoms with van der Waals surface area (Å²) >= 11 is 6.13. The minimum Gasteiger partial charge on any atom is -0.481 e. The Morgan fingerprint density at radius 3 is 2.83 bits per heavy atom. The van der Waals surface area contributed by atoms with Crippen molar-refractivity contribution in [2.24, 2.45) is 5.73 Å². The molecule has 0 saturated heterocycles. The van der Waals surface area contributed by atoms with E-state index in [9.17, 15) is 4.79 Å². The van der Waals surface area contributed by atoms with Crippen LogP contribution in [0.5, 0.6) is 0 Å². The molecule has 0 saturated carbocycles. The summed E-state index contributed by atoms with van der Waals surface area (Å²) in [5.74, 6) is -1.70. The van der Waals surface area contributed by atoms with E-state index in [1.165, 1.54) is 0 Å². The molecular weight excluding hydrogens is 254 g/mol. The molecule has 5 nitrogen and oxygen atoms in total. The number of carboxylic acids is 1. The zero-order valence-corrected chi connectivity index (χ0v) is 10.2. The molecular formula is C12H12ClN3O2. The maximum Gasteiger partial charge on any atom is 0.312 e. The first-order chi connectivity index (χ1) is 8.63. The van der Waals surface area contributed by atoms with Gasteiger partial charge in [-0.3, -0.25) is 4.79 Å². The standard InChI is InChI=1S/C12H12ClN3O2/c13-10-6-8(9(7-14)12(17)18)2-3-11(10)16-5-1-4-15-16/h1-6,9H,7,14H2,(H,17,18). The summed E-state index contributed by atoms with van der Waals surface area (Å²) < 4.78 is 1.62. The second-order valence-corrected chi connectivity index (χ2v) is 4.20.